The first kappa shape index (κ1) is 20.6. The van der Waals surface area contributed by atoms with Gasteiger partial charge in [0.15, 0.2) is 0 Å². The zero-order chi connectivity index (χ0) is 19.8. The molecular weight excluding hydrogens is 352 g/mol. The second-order valence-corrected chi connectivity index (χ2v) is 6.55. The quantitative estimate of drug-likeness (QED) is 0.520. The highest BCUT2D eigenvalue weighted by atomic mass is 16.4. The Kier molecular flexibility index (Phi) is 7.51. The lowest BCUT2D eigenvalue weighted by atomic mass is 9.92. The molecule has 2 rings (SSSR count). The van der Waals surface area contributed by atoms with Crippen molar-refractivity contribution in [2.75, 3.05) is 19.6 Å². The van der Waals surface area contributed by atoms with E-state index < -0.39 is 37.0 Å². The molecule has 1 aliphatic rings. The molecule has 0 bridgehead atoms. The van der Waals surface area contributed by atoms with E-state index in [-0.39, 0.29) is 12.6 Å². The number of carboxylic acids is 3. The van der Waals surface area contributed by atoms with E-state index in [1.54, 1.807) is 4.90 Å². The molecule has 146 valence electrons. The third-order valence-corrected chi connectivity index (χ3v) is 4.55. The Morgan fingerprint density at radius 1 is 0.778 bits per heavy atom. The van der Waals surface area contributed by atoms with Gasteiger partial charge in [-0.05, 0) is 18.4 Å². The summed E-state index contributed by atoms with van der Waals surface area (Å²) < 4.78 is 0. The van der Waals surface area contributed by atoms with Gasteiger partial charge in [0.25, 0.3) is 0 Å². The minimum Gasteiger partial charge on any atom is -0.480 e. The van der Waals surface area contributed by atoms with Crippen LogP contribution in [0.3, 0.4) is 0 Å². The maximum absolute atomic E-state index is 11.4. The zero-order valence-corrected chi connectivity index (χ0v) is 14.9. The molecule has 8 heteroatoms. The van der Waals surface area contributed by atoms with Crippen molar-refractivity contribution in [2.24, 2.45) is 0 Å². The van der Waals surface area contributed by atoms with Crippen molar-refractivity contribution in [3.05, 3.63) is 48.0 Å². The van der Waals surface area contributed by atoms with Gasteiger partial charge < -0.3 is 15.3 Å². The van der Waals surface area contributed by atoms with E-state index in [0.717, 1.165) is 5.56 Å². The van der Waals surface area contributed by atoms with E-state index in [0.29, 0.717) is 19.4 Å². The Labute approximate surface area is 157 Å². The van der Waals surface area contributed by atoms with Gasteiger partial charge in [-0.15, -0.1) is 0 Å². The van der Waals surface area contributed by atoms with Crippen LogP contribution in [-0.4, -0.2) is 74.7 Å². The maximum atomic E-state index is 11.4. The summed E-state index contributed by atoms with van der Waals surface area (Å²) in [6, 6.07) is 8.71. The Hall–Kier alpha value is -2.71. The lowest BCUT2D eigenvalue weighted by molar-refractivity contribution is -0.145. The Bertz CT molecular complexity index is 675. The van der Waals surface area contributed by atoms with Gasteiger partial charge in [0, 0.05) is 18.6 Å². The molecule has 2 atom stereocenters. The van der Waals surface area contributed by atoms with Gasteiger partial charge in [-0.25, -0.2) is 0 Å². The van der Waals surface area contributed by atoms with Crippen molar-refractivity contribution in [3.63, 3.8) is 0 Å². The largest absolute Gasteiger partial charge is 0.480 e. The number of rotatable bonds is 10. The number of aliphatic carboxylic acids is 3. The number of benzene rings is 1. The van der Waals surface area contributed by atoms with Crippen LogP contribution in [0, 0.1) is 0 Å². The van der Waals surface area contributed by atoms with Crippen LogP contribution in [0.1, 0.15) is 18.4 Å². The molecule has 0 unspecified atom stereocenters. The molecule has 0 aliphatic heterocycles. The molecule has 0 fully saturated rings. The van der Waals surface area contributed by atoms with Gasteiger partial charge in [-0.3, -0.25) is 24.2 Å². The van der Waals surface area contributed by atoms with Crippen LogP contribution >= 0.6 is 0 Å². The smallest absolute Gasteiger partial charge is 0.317 e. The van der Waals surface area contributed by atoms with Gasteiger partial charge in [-0.2, -0.15) is 0 Å². The van der Waals surface area contributed by atoms with Crippen LogP contribution in [0.4, 0.5) is 0 Å². The summed E-state index contributed by atoms with van der Waals surface area (Å²) in [4.78, 5) is 37.0. The van der Waals surface area contributed by atoms with E-state index in [1.165, 1.54) is 4.90 Å². The summed E-state index contributed by atoms with van der Waals surface area (Å²) in [5, 5.41) is 27.7. The highest BCUT2D eigenvalue weighted by molar-refractivity contribution is 5.72. The van der Waals surface area contributed by atoms with Crippen LogP contribution in [0.5, 0.6) is 0 Å². The molecule has 0 heterocycles. The van der Waals surface area contributed by atoms with Crippen molar-refractivity contribution >= 4 is 17.9 Å². The molecule has 0 amide bonds. The third-order valence-electron chi connectivity index (χ3n) is 4.55. The fourth-order valence-corrected chi connectivity index (χ4v) is 3.49. The van der Waals surface area contributed by atoms with Crippen LogP contribution in [0.25, 0.3) is 0 Å². The molecule has 3 N–H and O–H groups in total. The molecule has 0 aromatic heterocycles. The van der Waals surface area contributed by atoms with Crippen LogP contribution < -0.4 is 0 Å². The fourth-order valence-electron chi connectivity index (χ4n) is 3.49. The topological polar surface area (TPSA) is 118 Å². The zero-order valence-electron chi connectivity index (χ0n) is 14.9. The lowest BCUT2D eigenvalue weighted by Crippen LogP contribution is -2.55. The molecule has 27 heavy (non-hydrogen) atoms. The number of nitrogens with zero attached hydrogens (tertiary/aromatic N) is 2. The molecule has 0 saturated carbocycles. The van der Waals surface area contributed by atoms with Crippen molar-refractivity contribution in [1.82, 2.24) is 9.80 Å². The summed E-state index contributed by atoms with van der Waals surface area (Å²) in [6.07, 6.45) is 4.82. The maximum Gasteiger partial charge on any atom is 0.317 e. The van der Waals surface area contributed by atoms with Crippen molar-refractivity contribution in [1.29, 1.82) is 0 Å². The first-order valence-corrected chi connectivity index (χ1v) is 8.69. The summed E-state index contributed by atoms with van der Waals surface area (Å²) in [5.74, 6) is -3.21. The summed E-state index contributed by atoms with van der Waals surface area (Å²) in [7, 11) is 0. The number of carbonyl (C=O) groups is 3. The highest BCUT2D eigenvalue weighted by Gasteiger charge is 2.35. The predicted molar refractivity (Wildman–Crippen MR) is 97.3 cm³/mol. The van der Waals surface area contributed by atoms with Crippen LogP contribution in [0.2, 0.25) is 0 Å². The van der Waals surface area contributed by atoms with E-state index in [1.807, 2.05) is 42.5 Å². The van der Waals surface area contributed by atoms with E-state index in [9.17, 15) is 29.7 Å². The molecule has 0 radical (unpaired) electrons. The third kappa shape index (κ3) is 6.50. The standard InChI is InChI=1S/C19H24N2O6/c22-17(23)11-20(10-14-6-2-1-3-7-14)15-8-4-5-9-16(15)21(12-18(24)25)13-19(26)27/h1-7,15-16H,8-13H2,(H,22,23)(H,24,25)(H,26,27)/t15-,16-/m1/s1. The second-order valence-electron chi connectivity index (χ2n) is 6.55. The Balaban J connectivity index is 2.28. The number of hydrogen-bond acceptors (Lipinski definition) is 5. The van der Waals surface area contributed by atoms with Gasteiger partial charge in [0.1, 0.15) is 0 Å². The Morgan fingerprint density at radius 2 is 1.22 bits per heavy atom. The van der Waals surface area contributed by atoms with Crippen molar-refractivity contribution < 1.29 is 29.7 Å². The molecule has 1 aliphatic carbocycles. The molecular formula is C19H24N2O6. The van der Waals surface area contributed by atoms with Crippen molar-refractivity contribution in [3.8, 4) is 0 Å². The lowest BCUT2D eigenvalue weighted by Gasteiger charge is -2.42. The summed E-state index contributed by atoms with van der Waals surface area (Å²) in [5.41, 5.74) is 0.940. The van der Waals surface area contributed by atoms with Gasteiger partial charge in [-0.1, -0.05) is 42.5 Å². The SMILES string of the molecule is O=C(O)CN(CC(=O)O)[C@@H]1CC=CC[C@H]1N(CC(=O)O)Cc1ccccc1. The average molecular weight is 376 g/mol. The monoisotopic (exact) mass is 376 g/mol. The summed E-state index contributed by atoms with van der Waals surface area (Å²) in [6.45, 7) is -0.644. The van der Waals surface area contributed by atoms with Crippen LogP contribution in [0.15, 0.2) is 42.5 Å². The van der Waals surface area contributed by atoms with Gasteiger partial charge in [0.05, 0.1) is 19.6 Å². The molecule has 1 aromatic rings. The molecule has 8 nitrogen and oxygen atoms in total. The normalized spacial score (nSPS) is 19.3. The van der Waals surface area contributed by atoms with Gasteiger partial charge >= 0.3 is 17.9 Å². The first-order valence-electron chi connectivity index (χ1n) is 8.69. The molecule has 1 aromatic carbocycles. The van der Waals surface area contributed by atoms with Crippen LogP contribution in [-0.2, 0) is 20.9 Å². The first-order chi connectivity index (χ1) is 12.9. The Morgan fingerprint density at radius 3 is 1.70 bits per heavy atom. The van der Waals surface area contributed by atoms with Crippen molar-refractivity contribution in [2.45, 2.75) is 31.5 Å². The average Bonchev–Trinajstić information content (AvgIpc) is 2.60. The predicted octanol–water partition coefficient (Wildman–Crippen LogP) is 1.13. The molecule has 0 spiro atoms. The minimum absolute atomic E-state index is 0.210. The number of carboxylic acid groups (broad SMARTS) is 3. The molecule has 0 saturated heterocycles. The fraction of sp³-hybridized carbons (Fsp3) is 0.421. The van der Waals surface area contributed by atoms with Gasteiger partial charge in [0.2, 0.25) is 0 Å². The summed E-state index contributed by atoms with van der Waals surface area (Å²) >= 11 is 0. The van der Waals surface area contributed by atoms with E-state index in [2.05, 4.69) is 0 Å². The van der Waals surface area contributed by atoms with E-state index in [4.69, 9.17) is 0 Å². The second kappa shape index (κ2) is 9.84. The van der Waals surface area contributed by atoms with E-state index >= 15 is 0 Å². The minimum atomic E-state index is -1.11. The highest BCUT2D eigenvalue weighted by Crippen LogP contribution is 2.25. The number of hydrogen-bond donors (Lipinski definition) is 3.